The van der Waals surface area contributed by atoms with Gasteiger partial charge in [0, 0.05) is 37.8 Å². The second kappa shape index (κ2) is 7.37. The van der Waals surface area contributed by atoms with Crippen LogP contribution in [-0.4, -0.2) is 53.4 Å². The fourth-order valence-corrected chi connectivity index (χ4v) is 4.10. The first-order valence-corrected chi connectivity index (χ1v) is 10.1. The summed E-state index contributed by atoms with van der Waals surface area (Å²) >= 11 is 0. The normalized spacial score (nSPS) is 16.9. The molecule has 0 aliphatic carbocycles. The number of amides is 1. The number of carbonyl (C=O) groups is 1. The van der Waals surface area contributed by atoms with Crippen molar-refractivity contribution in [1.82, 2.24) is 34.4 Å². The maximum Gasteiger partial charge on any atom is 0.253 e. The molecule has 1 unspecified atom stereocenters. The SMILES string of the molecule is Cc1ncc(-c2cncc(C3CCCN(C(=O)c4ccc5nc[nH]c5c4)C3)n2)n1C. The van der Waals surface area contributed by atoms with E-state index >= 15 is 0 Å². The lowest BCUT2D eigenvalue weighted by atomic mass is 9.94. The first-order chi connectivity index (χ1) is 14.6. The predicted molar refractivity (Wildman–Crippen MR) is 113 cm³/mol. The molecule has 1 amide bonds. The number of imidazole rings is 2. The quantitative estimate of drug-likeness (QED) is 0.569. The Labute approximate surface area is 174 Å². The van der Waals surface area contributed by atoms with Gasteiger partial charge in [-0.1, -0.05) is 0 Å². The summed E-state index contributed by atoms with van der Waals surface area (Å²) in [5.74, 6) is 1.14. The highest BCUT2D eigenvalue weighted by atomic mass is 16.2. The van der Waals surface area contributed by atoms with Crippen LogP contribution in [0.1, 0.15) is 40.6 Å². The van der Waals surface area contributed by atoms with Crippen LogP contribution in [0.5, 0.6) is 0 Å². The van der Waals surface area contributed by atoms with E-state index in [2.05, 4.69) is 19.9 Å². The van der Waals surface area contributed by atoms with Gasteiger partial charge in [0.1, 0.15) is 11.5 Å². The second-order valence-electron chi connectivity index (χ2n) is 7.80. The summed E-state index contributed by atoms with van der Waals surface area (Å²) in [5, 5.41) is 0. The smallest absolute Gasteiger partial charge is 0.253 e. The third-order valence-electron chi connectivity index (χ3n) is 5.93. The van der Waals surface area contributed by atoms with E-state index in [0.29, 0.717) is 12.1 Å². The molecule has 1 aliphatic heterocycles. The number of likely N-dealkylation sites (tertiary alicyclic amines) is 1. The summed E-state index contributed by atoms with van der Waals surface area (Å²) in [6, 6.07) is 5.60. The van der Waals surface area contributed by atoms with Crippen molar-refractivity contribution in [3.8, 4) is 11.4 Å². The summed E-state index contributed by atoms with van der Waals surface area (Å²) in [5.41, 5.74) is 5.09. The topological polar surface area (TPSA) is 92.6 Å². The first-order valence-electron chi connectivity index (χ1n) is 10.1. The maximum atomic E-state index is 13.1. The number of hydrogen-bond acceptors (Lipinski definition) is 5. The Kier molecular flexibility index (Phi) is 4.54. The van der Waals surface area contributed by atoms with Crippen molar-refractivity contribution in [3.05, 3.63) is 60.2 Å². The number of nitrogens with one attached hydrogen (secondary N) is 1. The zero-order valence-corrected chi connectivity index (χ0v) is 17.0. The maximum absolute atomic E-state index is 13.1. The Hall–Kier alpha value is -3.55. The Bertz CT molecular complexity index is 1230. The largest absolute Gasteiger partial charge is 0.345 e. The molecule has 0 spiro atoms. The Morgan fingerprint density at radius 3 is 2.93 bits per heavy atom. The number of nitrogens with zero attached hydrogens (tertiary/aromatic N) is 6. The number of piperidine rings is 1. The molecule has 5 rings (SSSR count). The third-order valence-corrected chi connectivity index (χ3v) is 5.93. The van der Waals surface area contributed by atoms with E-state index < -0.39 is 0 Å². The lowest BCUT2D eigenvalue weighted by molar-refractivity contribution is 0.0706. The van der Waals surface area contributed by atoms with Crippen molar-refractivity contribution in [2.45, 2.75) is 25.7 Å². The highest BCUT2D eigenvalue weighted by molar-refractivity contribution is 5.97. The Morgan fingerprint density at radius 1 is 1.20 bits per heavy atom. The van der Waals surface area contributed by atoms with Gasteiger partial charge in [0.25, 0.3) is 5.91 Å². The van der Waals surface area contributed by atoms with E-state index in [1.54, 1.807) is 12.5 Å². The molecule has 4 aromatic rings. The molecule has 0 saturated carbocycles. The molecule has 4 heterocycles. The van der Waals surface area contributed by atoms with E-state index in [0.717, 1.165) is 53.3 Å². The molecule has 152 valence electrons. The summed E-state index contributed by atoms with van der Waals surface area (Å²) in [7, 11) is 1.98. The van der Waals surface area contributed by atoms with Crippen molar-refractivity contribution >= 4 is 16.9 Å². The molecule has 8 nitrogen and oxygen atoms in total. The van der Waals surface area contributed by atoms with Gasteiger partial charge in [0.05, 0.1) is 41.1 Å². The van der Waals surface area contributed by atoms with Crippen molar-refractivity contribution in [2.24, 2.45) is 7.05 Å². The van der Waals surface area contributed by atoms with Crippen molar-refractivity contribution in [1.29, 1.82) is 0 Å². The van der Waals surface area contributed by atoms with Crippen LogP contribution in [-0.2, 0) is 7.05 Å². The average molecular weight is 401 g/mol. The first kappa shape index (κ1) is 18.5. The number of hydrogen-bond donors (Lipinski definition) is 1. The van der Waals surface area contributed by atoms with E-state index in [-0.39, 0.29) is 11.8 Å². The van der Waals surface area contributed by atoms with Gasteiger partial charge >= 0.3 is 0 Å². The molecule has 30 heavy (non-hydrogen) atoms. The highest BCUT2D eigenvalue weighted by Gasteiger charge is 2.27. The number of aryl methyl sites for hydroxylation is 1. The van der Waals surface area contributed by atoms with E-state index in [1.165, 1.54) is 0 Å². The number of carbonyl (C=O) groups excluding carboxylic acids is 1. The minimum atomic E-state index is 0.0440. The lowest BCUT2D eigenvalue weighted by Crippen LogP contribution is -2.39. The predicted octanol–water partition coefficient (Wildman–Crippen LogP) is 3.08. The van der Waals surface area contributed by atoms with Gasteiger partial charge in [0.15, 0.2) is 0 Å². The number of H-pyrrole nitrogens is 1. The van der Waals surface area contributed by atoms with Crippen molar-refractivity contribution in [3.63, 3.8) is 0 Å². The van der Waals surface area contributed by atoms with Crippen LogP contribution in [0.15, 0.2) is 43.1 Å². The molecule has 0 radical (unpaired) electrons. The highest BCUT2D eigenvalue weighted by Crippen LogP contribution is 2.28. The molecule has 8 heteroatoms. The summed E-state index contributed by atoms with van der Waals surface area (Å²) in [6.45, 7) is 3.36. The number of aromatic amines is 1. The van der Waals surface area contributed by atoms with E-state index in [4.69, 9.17) is 4.98 Å². The van der Waals surface area contributed by atoms with Gasteiger partial charge in [-0.3, -0.25) is 9.78 Å². The average Bonchev–Trinajstić information content (AvgIpc) is 3.39. The van der Waals surface area contributed by atoms with Crippen LogP contribution >= 0.6 is 0 Å². The summed E-state index contributed by atoms with van der Waals surface area (Å²) in [6.07, 6.45) is 9.00. The van der Waals surface area contributed by atoms with Crippen LogP contribution in [0.25, 0.3) is 22.4 Å². The number of rotatable bonds is 3. The van der Waals surface area contributed by atoms with Gasteiger partial charge in [-0.25, -0.2) is 15.0 Å². The van der Waals surface area contributed by atoms with Crippen LogP contribution < -0.4 is 0 Å². The number of aromatic nitrogens is 6. The van der Waals surface area contributed by atoms with Crippen molar-refractivity contribution < 1.29 is 4.79 Å². The molecule has 1 fully saturated rings. The van der Waals surface area contributed by atoms with Crippen molar-refractivity contribution in [2.75, 3.05) is 13.1 Å². The fraction of sp³-hybridized carbons (Fsp3) is 0.318. The molecule has 0 bridgehead atoms. The van der Waals surface area contributed by atoms with Crippen LogP contribution in [0.3, 0.4) is 0 Å². The monoisotopic (exact) mass is 401 g/mol. The molecule has 1 aromatic carbocycles. The molecule has 3 aromatic heterocycles. The summed E-state index contributed by atoms with van der Waals surface area (Å²) in [4.78, 5) is 36.0. The van der Waals surface area contributed by atoms with Gasteiger partial charge < -0.3 is 14.5 Å². The molecule has 1 aliphatic rings. The minimum Gasteiger partial charge on any atom is -0.345 e. The zero-order chi connectivity index (χ0) is 20.7. The second-order valence-corrected chi connectivity index (χ2v) is 7.80. The molecule has 1 saturated heterocycles. The van der Waals surface area contributed by atoms with Crippen LogP contribution in [0, 0.1) is 6.92 Å². The number of benzene rings is 1. The van der Waals surface area contributed by atoms with Crippen LogP contribution in [0.2, 0.25) is 0 Å². The molecular formula is C22H23N7O. The van der Waals surface area contributed by atoms with Crippen LogP contribution in [0.4, 0.5) is 0 Å². The molecular weight excluding hydrogens is 378 g/mol. The standard InChI is InChI=1S/C22H23N7O/c1-14-24-11-21(28(14)2)20-10-23-9-19(27-20)16-4-3-7-29(12-16)22(30)15-5-6-17-18(8-15)26-13-25-17/h5-6,8-11,13,16H,3-4,7,12H2,1-2H3,(H,25,26). The molecule has 1 N–H and O–H groups in total. The van der Waals surface area contributed by atoms with E-state index in [9.17, 15) is 4.79 Å². The minimum absolute atomic E-state index is 0.0440. The summed E-state index contributed by atoms with van der Waals surface area (Å²) < 4.78 is 2.01. The van der Waals surface area contributed by atoms with Gasteiger partial charge in [-0.2, -0.15) is 0 Å². The molecule has 1 atom stereocenters. The van der Waals surface area contributed by atoms with Gasteiger partial charge in [0.2, 0.25) is 0 Å². The fourth-order valence-electron chi connectivity index (χ4n) is 4.10. The zero-order valence-electron chi connectivity index (χ0n) is 17.0. The van der Waals surface area contributed by atoms with Gasteiger partial charge in [-0.15, -0.1) is 0 Å². The number of fused-ring (bicyclic) bond motifs is 1. The third kappa shape index (κ3) is 3.24. The Morgan fingerprint density at radius 2 is 2.10 bits per heavy atom. The van der Waals surface area contributed by atoms with E-state index in [1.807, 2.05) is 54.0 Å². The lowest BCUT2D eigenvalue weighted by Gasteiger charge is -2.32. The van der Waals surface area contributed by atoms with Gasteiger partial charge in [-0.05, 0) is 38.0 Å². The Balaban J connectivity index is 1.38.